The first-order chi connectivity index (χ1) is 25.4. The quantitative estimate of drug-likeness (QED) is 0.199. The molecule has 54 heavy (non-hydrogen) atoms. The van der Waals surface area contributed by atoms with Crippen LogP contribution in [0.25, 0.3) is 22.3 Å². The number of nitrogens with zero attached hydrogens (tertiary/aromatic N) is 16. The molecule has 0 spiro atoms. The summed E-state index contributed by atoms with van der Waals surface area (Å²) in [5, 5.41) is 52.3. The Morgan fingerprint density at radius 2 is 1.35 bits per heavy atom. The Balaban J connectivity index is 1.28. The molecule has 2 fully saturated rings. The van der Waals surface area contributed by atoms with Crippen LogP contribution in [0.1, 0.15) is 95.7 Å². The highest BCUT2D eigenvalue weighted by molar-refractivity contribution is 5.83. The second kappa shape index (κ2) is 12.4. The zero-order valence-corrected chi connectivity index (χ0v) is 32.2. The molecule has 0 aliphatic carbocycles. The molecular formula is C34H47N16O4+. The summed E-state index contributed by atoms with van der Waals surface area (Å²) >= 11 is 0. The molecule has 0 bridgehead atoms. The number of β-amino-alcohol motifs (C(OH)–C–C–N with tert-alkyl or cyclic N) is 2. The minimum Gasteiger partial charge on any atom is -0.388 e. The summed E-state index contributed by atoms with van der Waals surface area (Å²) in [5.41, 5.74) is 1.93. The van der Waals surface area contributed by atoms with E-state index in [9.17, 15) is 10.2 Å². The molecule has 2 atom stereocenters. The van der Waals surface area contributed by atoms with E-state index < -0.39 is 16.6 Å². The van der Waals surface area contributed by atoms with Gasteiger partial charge in [0.2, 0.25) is 5.82 Å². The highest BCUT2D eigenvalue weighted by Gasteiger charge is 2.40. The Hall–Kier alpha value is -5.24. The lowest BCUT2D eigenvalue weighted by Gasteiger charge is -2.25. The van der Waals surface area contributed by atoms with Crippen molar-refractivity contribution in [1.29, 1.82) is 0 Å². The molecular weight excluding hydrogens is 696 g/mol. The van der Waals surface area contributed by atoms with Gasteiger partial charge in [-0.15, -0.1) is 5.10 Å². The van der Waals surface area contributed by atoms with Crippen molar-refractivity contribution in [3.8, 4) is 0 Å². The van der Waals surface area contributed by atoms with Crippen LogP contribution >= 0.6 is 0 Å². The number of hydrogen-bond acceptors (Lipinski definition) is 17. The molecule has 6 aromatic rings. The molecule has 0 saturated carbocycles. The number of aromatic nitrogens is 14. The average molecular weight is 744 g/mol. The van der Waals surface area contributed by atoms with E-state index in [0.717, 1.165) is 0 Å². The van der Waals surface area contributed by atoms with Crippen molar-refractivity contribution < 1.29 is 24.2 Å². The maximum absolute atomic E-state index is 11.0. The third-order valence-corrected chi connectivity index (χ3v) is 10.3. The summed E-state index contributed by atoms with van der Waals surface area (Å²) in [4.78, 5) is 26.4. The van der Waals surface area contributed by atoms with Crippen LogP contribution in [0.4, 0.5) is 11.6 Å². The summed E-state index contributed by atoms with van der Waals surface area (Å²) in [7, 11) is 0. The van der Waals surface area contributed by atoms with Crippen LogP contribution in [0.2, 0.25) is 0 Å². The van der Waals surface area contributed by atoms with E-state index in [1.165, 1.54) is 0 Å². The van der Waals surface area contributed by atoms with Gasteiger partial charge >= 0.3 is 5.65 Å². The van der Waals surface area contributed by atoms with Crippen molar-refractivity contribution >= 4 is 34.0 Å². The number of rotatable bonds is 9. The van der Waals surface area contributed by atoms with Gasteiger partial charge in [-0.05, 0) is 45.6 Å². The van der Waals surface area contributed by atoms with Gasteiger partial charge in [-0.2, -0.15) is 9.67 Å². The molecule has 2 aliphatic rings. The van der Waals surface area contributed by atoms with Crippen LogP contribution < -0.4 is 14.5 Å². The second-order valence-electron chi connectivity index (χ2n) is 17.1. The monoisotopic (exact) mass is 743 g/mol. The average Bonchev–Trinajstić information content (AvgIpc) is 3.95. The van der Waals surface area contributed by atoms with Crippen molar-refractivity contribution in [3.05, 3.63) is 34.4 Å². The van der Waals surface area contributed by atoms with Gasteiger partial charge in [0.25, 0.3) is 5.52 Å². The van der Waals surface area contributed by atoms with Crippen molar-refractivity contribution in [2.24, 2.45) is 0 Å². The smallest absolute Gasteiger partial charge is 0.331 e. The van der Waals surface area contributed by atoms with Crippen LogP contribution in [-0.2, 0) is 30.5 Å². The third-order valence-electron chi connectivity index (χ3n) is 10.3. The normalized spacial score (nSPS) is 21.1. The van der Waals surface area contributed by atoms with Gasteiger partial charge in [-0.25, -0.2) is 23.9 Å². The molecule has 2 unspecified atom stereocenters. The Labute approximate surface area is 310 Å². The van der Waals surface area contributed by atoms with Gasteiger partial charge < -0.3 is 20.0 Å². The molecule has 0 amide bonds. The second-order valence-corrected chi connectivity index (χ2v) is 17.1. The zero-order chi connectivity index (χ0) is 38.4. The van der Waals surface area contributed by atoms with Gasteiger partial charge in [0.1, 0.15) is 35.1 Å². The predicted octanol–water partition coefficient (Wildman–Crippen LogP) is 1.33. The zero-order valence-electron chi connectivity index (χ0n) is 32.2. The first kappa shape index (κ1) is 35.8. The van der Waals surface area contributed by atoms with Gasteiger partial charge in [0.05, 0.1) is 24.3 Å². The number of anilines is 2. The summed E-state index contributed by atoms with van der Waals surface area (Å²) in [6.45, 7) is 20.5. The molecule has 286 valence electrons. The van der Waals surface area contributed by atoms with E-state index in [2.05, 4.69) is 70.5 Å². The Kier molecular flexibility index (Phi) is 8.22. The lowest BCUT2D eigenvalue weighted by atomic mass is 9.92. The van der Waals surface area contributed by atoms with E-state index in [4.69, 9.17) is 34.3 Å². The first-order valence-electron chi connectivity index (χ1n) is 18.2. The molecule has 0 aromatic carbocycles. The summed E-state index contributed by atoms with van der Waals surface area (Å²) < 4.78 is 13.7. The van der Waals surface area contributed by atoms with Crippen LogP contribution in [0.15, 0.2) is 9.26 Å². The van der Waals surface area contributed by atoms with E-state index in [-0.39, 0.29) is 18.5 Å². The molecule has 8 rings (SSSR count). The fourth-order valence-electron chi connectivity index (χ4n) is 7.03. The third kappa shape index (κ3) is 6.50. The SMILES string of the molecule is Cc1nonc1Cn1nnc2c(N3CCC(C)(O)C3)nc(C(C)(C)Cn3nc4c(N5CCC(C)(O)C5)nc(C(C)(C)C)nc4[n+]3Cc3nonc3C)nc21. The van der Waals surface area contributed by atoms with E-state index in [1.54, 1.807) is 4.68 Å². The maximum atomic E-state index is 11.0. The Morgan fingerprint density at radius 1 is 0.759 bits per heavy atom. The Morgan fingerprint density at radius 3 is 1.91 bits per heavy atom. The van der Waals surface area contributed by atoms with Gasteiger partial charge in [-0.3, -0.25) is 0 Å². The fraction of sp³-hybridized carbons (Fsp3) is 0.647. The van der Waals surface area contributed by atoms with Gasteiger partial charge in [0, 0.05) is 37.0 Å². The van der Waals surface area contributed by atoms with Crippen LogP contribution in [0.5, 0.6) is 0 Å². The van der Waals surface area contributed by atoms with Gasteiger partial charge in [0.15, 0.2) is 22.8 Å². The van der Waals surface area contributed by atoms with E-state index in [1.807, 2.05) is 42.1 Å². The maximum Gasteiger partial charge on any atom is 0.331 e. The molecule has 2 N–H and O–H groups in total. The molecule has 20 heteroatoms. The lowest BCUT2D eigenvalue weighted by molar-refractivity contribution is -0.753. The largest absolute Gasteiger partial charge is 0.388 e. The lowest BCUT2D eigenvalue weighted by Crippen LogP contribution is -2.48. The van der Waals surface area contributed by atoms with E-state index in [0.29, 0.717) is 114 Å². The summed E-state index contributed by atoms with van der Waals surface area (Å²) in [6.07, 6.45) is 1.19. The van der Waals surface area contributed by atoms with Crippen LogP contribution in [-0.4, -0.2) is 113 Å². The van der Waals surface area contributed by atoms with Crippen LogP contribution in [0, 0.1) is 13.8 Å². The number of aliphatic hydroxyl groups is 2. The van der Waals surface area contributed by atoms with E-state index >= 15 is 0 Å². The molecule has 8 heterocycles. The Bertz CT molecular complexity index is 2360. The molecule has 0 radical (unpaired) electrons. The number of fused-ring (bicyclic) bond motifs is 2. The fourth-order valence-corrected chi connectivity index (χ4v) is 7.03. The topological polar surface area (TPSA) is 229 Å². The van der Waals surface area contributed by atoms with Crippen molar-refractivity contribution in [2.75, 3.05) is 36.0 Å². The molecule has 2 saturated heterocycles. The van der Waals surface area contributed by atoms with Crippen molar-refractivity contribution in [3.63, 3.8) is 0 Å². The van der Waals surface area contributed by atoms with Gasteiger partial charge in [-0.1, -0.05) is 70.2 Å². The van der Waals surface area contributed by atoms with Crippen LogP contribution in [0.3, 0.4) is 0 Å². The highest BCUT2D eigenvalue weighted by atomic mass is 16.6. The first-order valence-corrected chi connectivity index (χ1v) is 18.2. The molecule has 20 nitrogen and oxygen atoms in total. The minimum absolute atomic E-state index is 0.246. The highest BCUT2D eigenvalue weighted by Crippen LogP contribution is 2.34. The van der Waals surface area contributed by atoms with Crippen molar-refractivity contribution in [2.45, 2.75) is 117 Å². The van der Waals surface area contributed by atoms with Crippen molar-refractivity contribution in [1.82, 2.24) is 65.5 Å². The standard InChI is InChI=1S/C34H47N16O4/c1-19-21(43-53-41-19)14-48-27-23(39-45-48)25(46-12-10-33(8,51)17-46)36-30(37-27)32(6,7)16-50-40-24-26(47-13-11-34(9,52)18-47)35-29(31(3,4)5)38-28(24)49(50)15-22-20(2)42-54-44-22/h51-52H,10-18H2,1-9H3/q+1. The number of aryl methyl sites for hydroxylation is 2. The molecule has 6 aromatic heterocycles. The number of hydrogen-bond donors (Lipinski definition) is 2. The minimum atomic E-state index is -0.880. The summed E-state index contributed by atoms with van der Waals surface area (Å²) in [6, 6.07) is 0. The molecule has 2 aliphatic heterocycles. The summed E-state index contributed by atoms with van der Waals surface area (Å²) in [5.74, 6) is 2.43. The predicted molar refractivity (Wildman–Crippen MR) is 192 cm³/mol.